The monoisotopic (exact) mass is 259 g/mol. The maximum absolute atomic E-state index is 9.32. The predicted molar refractivity (Wildman–Crippen MR) is 70.9 cm³/mol. The van der Waals surface area contributed by atoms with Crippen LogP contribution in [0.4, 0.5) is 0 Å². The lowest BCUT2D eigenvalue weighted by Gasteiger charge is -2.22. The zero-order chi connectivity index (χ0) is 13.2. The van der Waals surface area contributed by atoms with Crippen LogP contribution in [-0.4, -0.2) is 33.6 Å². The Labute approximate surface area is 111 Å². The van der Waals surface area contributed by atoms with Gasteiger partial charge in [0.1, 0.15) is 11.6 Å². The Bertz CT molecular complexity index is 580. The minimum Gasteiger partial charge on any atom is -0.497 e. The van der Waals surface area contributed by atoms with Crippen LogP contribution in [0.2, 0.25) is 0 Å². The van der Waals surface area contributed by atoms with Crippen molar-refractivity contribution >= 4 is 0 Å². The number of methoxy groups -OCH3 is 1. The quantitative estimate of drug-likeness (QED) is 0.907. The van der Waals surface area contributed by atoms with Crippen molar-refractivity contribution < 1.29 is 9.84 Å². The van der Waals surface area contributed by atoms with Gasteiger partial charge in [0.15, 0.2) is 5.82 Å². The fraction of sp³-hybridized carbons (Fsp3) is 0.429. The van der Waals surface area contributed by atoms with E-state index in [4.69, 9.17) is 4.74 Å². The van der Waals surface area contributed by atoms with E-state index in [1.807, 2.05) is 24.3 Å². The Balaban J connectivity index is 1.99. The lowest BCUT2D eigenvalue weighted by atomic mass is 10.00. The van der Waals surface area contributed by atoms with Gasteiger partial charge in [0.05, 0.1) is 7.11 Å². The van der Waals surface area contributed by atoms with E-state index in [0.29, 0.717) is 5.92 Å². The first-order chi connectivity index (χ1) is 9.31. The zero-order valence-electron chi connectivity index (χ0n) is 10.9. The molecule has 1 atom stereocenters. The van der Waals surface area contributed by atoms with Gasteiger partial charge in [-0.25, -0.2) is 0 Å². The molecule has 5 heteroatoms. The van der Waals surface area contributed by atoms with Gasteiger partial charge in [-0.15, -0.1) is 10.2 Å². The number of nitrogens with zero attached hydrogens (tertiary/aromatic N) is 3. The van der Waals surface area contributed by atoms with Crippen molar-refractivity contribution in [1.82, 2.24) is 14.8 Å². The molecule has 2 aromatic rings. The summed E-state index contributed by atoms with van der Waals surface area (Å²) in [7, 11) is 1.65. The van der Waals surface area contributed by atoms with Crippen molar-refractivity contribution in [2.24, 2.45) is 5.92 Å². The van der Waals surface area contributed by atoms with Crippen molar-refractivity contribution in [2.45, 2.75) is 19.4 Å². The first-order valence-corrected chi connectivity index (χ1v) is 6.49. The highest BCUT2D eigenvalue weighted by atomic mass is 16.5. The summed E-state index contributed by atoms with van der Waals surface area (Å²) in [6.07, 6.45) is 1.86. The van der Waals surface area contributed by atoms with E-state index in [0.717, 1.165) is 42.3 Å². The molecule has 1 N–H and O–H groups in total. The maximum Gasteiger partial charge on any atom is 0.164 e. The summed E-state index contributed by atoms with van der Waals surface area (Å²) in [6, 6.07) is 7.82. The Morgan fingerprint density at radius 1 is 1.42 bits per heavy atom. The van der Waals surface area contributed by atoms with Crippen molar-refractivity contribution in [1.29, 1.82) is 0 Å². The van der Waals surface area contributed by atoms with Gasteiger partial charge < -0.3 is 14.4 Å². The SMILES string of the molecule is COc1cccc(-c2nnc3n2CC(CO)CC3)c1. The van der Waals surface area contributed by atoms with Gasteiger partial charge in [-0.2, -0.15) is 0 Å². The summed E-state index contributed by atoms with van der Waals surface area (Å²) in [5, 5.41) is 17.9. The fourth-order valence-corrected chi connectivity index (χ4v) is 2.52. The molecule has 1 aliphatic rings. The normalized spacial score (nSPS) is 18.1. The van der Waals surface area contributed by atoms with Crippen LogP contribution in [0.5, 0.6) is 5.75 Å². The molecule has 5 nitrogen and oxygen atoms in total. The molecule has 0 fully saturated rings. The van der Waals surface area contributed by atoms with Crippen LogP contribution in [0.3, 0.4) is 0 Å². The van der Waals surface area contributed by atoms with E-state index < -0.39 is 0 Å². The smallest absolute Gasteiger partial charge is 0.164 e. The minimum absolute atomic E-state index is 0.217. The number of rotatable bonds is 3. The molecule has 1 aliphatic heterocycles. The van der Waals surface area contributed by atoms with Crippen LogP contribution in [0.1, 0.15) is 12.2 Å². The second kappa shape index (κ2) is 5.01. The molecule has 1 aromatic heterocycles. The van der Waals surface area contributed by atoms with Crippen molar-refractivity contribution in [2.75, 3.05) is 13.7 Å². The molecule has 3 rings (SSSR count). The highest BCUT2D eigenvalue weighted by Gasteiger charge is 2.23. The van der Waals surface area contributed by atoms with E-state index in [1.165, 1.54) is 0 Å². The summed E-state index contributed by atoms with van der Waals surface area (Å²) < 4.78 is 7.35. The summed E-state index contributed by atoms with van der Waals surface area (Å²) in [4.78, 5) is 0. The minimum atomic E-state index is 0.217. The number of aryl methyl sites for hydroxylation is 1. The molecule has 2 heterocycles. The second-order valence-electron chi connectivity index (χ2n) is 4.87. The average molecular weight is 259 g/mol. The Hall–Kier alpha value is -1.88. The number of fused-ring (bicyclic) bond motifs is 1. The number of ether oxygens (including phenoxy) is 1. The fourth-order valence-electron chi connectivity index (χ4n) is 2.52. The van der Waals surface area contributed by atoms with Gasteiger partial charge in [0.25, 0.3) is 0 Å². The summed E-state index contributed by atoms with van der Waals surface area (Å²) >= 11 is 0. The largest absolute Gasteiger partial charge is 0.497 e. The first-order valence-electron chi connectivity index (χ1n) is 6.49. The number of hydrogen-bond acceptors (Lipinski definition) is 4. The van der Waals surface area contributed by atoms with Crippen molar-refractivity contribution in [3.05, 3.63) is 30.1 Å². The van der Waals surface area contributed by atoms with Crippen LogP contribution in [0.25, 0.3) is 11.4 Å². The number of aromatic nitrogens is 3. The van der Waals surface area contributed by atoms with Crippen LogP contribution in [-0.2, 0) is 13.0 Å². The molecule has 19 heavy (non-hydrogen) atoms. The average Bonchev–Trinajstić information content (AvgIpc) is 2.90. The molecule has 0 bridgehead atoms. The lowest BCUT2D eigenvalue weighted by molar-refractivity contribution is 0.191. The van der Waals surface area contributed by atoms with Gasteiger partial charge in [0, 0.05) is 31.1 Å². The Morgan fingerprint density at radius 2 is 2.32 bits per heavy atom. The summed E-state index contributed by atoms with van der Waals surface area (Å²) in [5.41, 5.74) is 0.997. The van der Waals surface area contributed by atoms with Crippen LogP contribution in [0, 0.1) is 5.92 Å². The lowest BCUT2D eigenvalue weighted by Crippen LogP contribution is -2.23. The zero-order valence-corrected chi connectivity index (χ0v) is 10.9. The van der Waals surface area contributed by atoms with Gasteiger partial charge >= 0.3 is 0 Å². The van der Waals surface area contributed by atoms with E-state index in [1.54, 1.807) is 7.11 Å². The highest BCUT2D eigenvalue weighted by molar-refractivity contribution is 5.58. The molecule has 1 aromatic carbocycles. The number of aliphatic hydroxyl groups excluding tert-OH is 1. The molecule has 0 saturated carbocycles. The Morgan fingerprint density at radius 3 is 3.11 bits per heavy atom. The third-order valence-corrected chi connectivity index (χ3v) is 3.63. The molecular weight excluding hydrogens is 242 g/mol. The molecule has 0 saturated heterocycles. The van der Waals surface area contributed by atoms with Crippen LogP contribution >= 0.6 is 0 Å². The van der Waals surface area contributed by atoms with E-state index >= 15 is 0 Å². The molecule has 0 amide bonds. The Kier molecular flexibility index (Phi) is 3.21. The first kappa shape index (κ1) is 12.2. The van der Waals surface area contributed by atoms with Crippen molar-refractivity contribution in [3.63, 3.8) is 0 Å². The second-order valence-corrected chi connectivity index (χ2v) is 4.87. The number of hydrogen-bond donors (Lipinski definition) is 1. The van der Waals surface area contributed by atoms with Gasteiger partial charge in [-0.1, -0.05) is 12.1 Å². The highest BCUT2D eigenvalue weighted by Crippen LogP contribution is 2.27. The van der Waals surface area contributed by atoms with E-state index in [-0.39, 0.29) is 6.61 Å². The van der Waals surface area contributed by atoms with E-state index in [9.17, 15) is 5.11 Å². The van der Waals surface area contributed by atoms with Crippen LogP contribution < -0.4 is 4.74 Å². The molecule has 1 unspecified atom stereocenters. The summed E-state index contributed by atoms with van der Waals surface area (Å²) in [6.45, 7) is 1.00. The van der Waals surface area contributed by atoms with Gasteiger partial charge in [-0.05, 0) is 18.6 Å². The molecule has 0 radical (unpaired) electrons. The maximum atomic E-state index is 9.32. The molecule has 0 spiro atoms. The van der Waals surface area contributed by atoms with Crippen molar-refractivity contribution in [3.8, 4) is 17.1 Å². The third kappa shape index (κ3) is 2.21. The topological polar surface area (TPSA) is 60.2 Å². The third-order valence-electron chi connectivity index (χ3n) is 3.63. The molecular formula is C14H17N3O2. The standard InChI is InChI=1S/C14H17N3O2/c1-19-12-4-2-3-11(7-12)14-16-15-13-6-5-10(9-18)8-17(13)14/h2-4,7,10,18H,5-6,8-9H2,1H3. The molecule has 0 aliphatic carbocycles. The van der Waals surface area contributed by atoms with E-state index in [2.05, 4.69) is 14.8 Å². The van der Waals surface area contributed by atoms with Crippen LogP contribution in [0.15, 0.2) is 24.3 Å². The predicted octanol–water partition coefficient (Wildman–Crippen LogP) is 1.51. The van der Waals surface area contributed by atoms with Gasteiger partial charge in [0.2, 0.25) is 0 Å². The van der Waals surface area contributed by atoms with Gasteiger partial charge in [-0.3, -0.25) is 0 Å². The molecule has 100 valence electrons. The summed E-state index contributed by atoms with van der Waals surface area (Å²) in [5.74, 6) is 2.96. The number of benzene rings is 1. The number of aliphatic hydroxyl groups is 1.